The van der Waals surface area contributed by atoms with E-state index in [2.05, 4.69) is 25.3 Å². The fraction of sp³-hybridized carbons (Fsp3) is 0.591. The van der Waals surface area contributed by atoms with Crippen molar-refractivity contribution in [3.63, 3.8) is 0 Å². The summed E-state index contributed by atoms with van der Waals surface area (Å²) in [5.74, 6) is 3.45. The van der Waals surface area contributed by atoms with E-state index in [9.17, 15) is 0 Å². The highest BCUT2D eigenvalue weighted by atomic mass is 16.5. The van der Waals surface area contributed by atoms with E-state index in [-0.39, 0.29) is 0 Å². The first kappa shape index (κ1) is 23.0. The SMILES string of the molecule is Cc1nnc(CN=C(NCCCN2CCOCC2)N(C)CCOc2ccccc2)n1C. The van der Waals surface area contributed by atoms with Crippen LogP contribution in [0, 0.1) is 6.92 Å². The molecule has 0 unspecified atom stereocenters. The van der Waals surface area contributed by atoms with Gasteiger partial charge in [0.15, 0.2) is 11.8 Å². The molecule has 0 spiro atoms. The molecule has 3 rings (SSSR count). The van der Waals surface area contributed by atoms with Crippen molar-refractivity contribution in [1.82, 2.24) is 29.9 Å². The Kier molecular flexibility index (Phi) is 9.11. The van der Waals surface area contributed by atoms with Gasteiger partial charge in [-0.1, -0.05) is 18.2 Å². The first-order valence-electron chi connectivity index (χ1n) is 11.0. The van der Waals surface area contributed by atoms with Crippen LogP contribution in [-0.4, -0.2) is 90.1 Å². The van der Waals surface area contributed by atoms with Gasteiger partial charge in [-0.3, -0.25) is 4.90 Å². The summed E-state index contributed by atoms with van der Waals surface area (Å²) in [5, 5.41) is 11.9. The number of benzene rings is 1. The third-order valence-corrected chi connectivity index (χ3v) is 5.39. The van der Waals surface area contributed by atoms with E-state index < -0.39 is 0 Å². The average Bonchev–Trinajstić information content (AvgIpc) is 3.12. The van der Waals surface area contributed by atoms with Gasteiger partial charge in [0.2, 0.25) is 0 Å². The Morgan fingerprint density at radius 1 is 1.23 bits per heavy atom. The minimum Gasteiger partial charge on any atom is -0.492 e. The Hall–Kier alpha value is -2.65. The van der Waals surface area contributed by atoms with Gasteiger partial charge in [0.25, 0.3) is 0 Å². The molecule has 1 N–H and O–H groups in total. The lowest BCUT2D eigenvalue weighted by Gasteiger charge is -2.27. The molecule has 2 aromatic rings. The highest BCUT2D eigenvalue weighted by Crippen LogP contribution is 2.08. The zero-order valence-corrected chi connectivity index (χ0v) is 19.0. The van der Waals surface area contributed by atoms with Crippen molar-refractivity contribution in [2.45, 2.75) is 19.9 Å². The van der Waals surface area contributed by atoms with Gasteiger partial charge in [0.05, 0.1) is 19.8 Å². The van der Waals surface area contributed by atoms with E-state index in [1.807, 2.05) is 55.9 Å². The number of ether oxygens (including phenoxy) is 2. The van der Waals surface area contributed by atoms with Gasteiger partial charge in [-0.25, -0.2) is 4.99 Å². The molecule has 1 saturated heterocycles. The summed E-state index contributed by atoms with van der Waals surface area (Å²) in [4.78, 5) is 9.34. The van der Waals surface area contributed by atoms with Crippen LogP contribution in [-0.2, 0) is 18.3 Å². The molecule has 9 heteroatoms. The molecule has 1 aliphatic rings. The van der Waals surface area contributed by atoms with Gasteiger partial charge in [-0.2, -0.15) is 0 Å². The van der Waals surface area contributed by atoms with Crippen molar-refractivity contribution in [1.29, 1.82) is 0 Å². The summed E-state index contributed by atoms with van der Waals surface area (Å²) >= 11 is 0. The highest BCUT2D eigenvalue weighted by molar-refractivity contribution is 5.79. The topological polar surface area (TPSA) is 80.0 Å². The molecule has 0 aliphatic carbocycles. The second kappa shape index (κ2) is 12.3. The molecular formula is C22H35N7O2. The molecule has 1 aromatic heterocycles. The van der Waals surface area contributed by atoms with Crippen LogP contribution < -0.4 is 10.1 Å². The van der Waals surface area contributed by atoms with E-state index in [1.54, 1.807) is 0 Å². The number of nitrogens with one attached hydrogen (secondary N) is 1. The summed E-state index contributed by atoms with van der Waals surface area (Å²) < 4.78 is 13.2. The number of aromatic nitrogens is 3. The molecule has 9 nitrogen and oxygen atoms in total. The molecule has 0 radical (unpaired) electrons. The van der Waals surface area contributed by atoms with Crippen molar-refractivity contribution >= 4 is 5.96 Å². The van der Waals surface area contributed by atoms with E-state index in [0.29, 0.717) is 13.2 Å². The number of morpholine rings is 1. The van der Waals surface area contributed by atoms with Crippen molar-refractivity contribution in [2.75, 3.05) is 59.6 Å². The largest absolute Gasteiger partial charge is 0.492 e. The molecule has 31 heavy (non-hydrogen) atoms. The third kappa shape index (κ3) is 7.52. The quantitative estimate of drug-likeness (QED) is 0.346. The van der Waals surface area contributed by atoms with Gasteiger partial charge in [0, 0.05) is 33.7 Å². The van der Waals surface area contributed by atoms with Crippen LogP contribution in [0.5, 0.6) is 5.75 Å². The van der Waals surface area contributed by atoms with Crippen LogP contribution in [0.4, 0.5) is 0 Å². The molecule has 170 valence electrons. The second-order valence-electron chi connectivity index (χ2n) is 7.68. The van der Waals surface area contributed by atoms with Crippen LogP contribution in [0.1, 0.15) is 18.1 Å². The van der Waals surface area contributed by atoms with Crippen LogP contribution >= 0.6 is 0 Å². The first-order chi connectivity index (χ1) is 15.1. The van der Waals surface area contributed by atoms with Crippen LogP contribution in [0.15, 0.2) is 35.3 Å². The molecule has 0 amide bonds. The summed E-state index contributed by atoms with van der Waals surface area (Å²) in [7, 11) is 4.00. The fourth-order valence-corrected chi connectivity index (χ4v) is 3.30. The predicted molar refractivity (Wildman–Crippen MR) is 121 cm³/mol. The lowest BCUT2D eigenvalue weighted by atomic mass is 10.3. The summed E-state index contributed by atoms with van der Waals surface area (Å²) in [6, 6.07) is 9.87. The summed E-state index contributed by atoms with van der Waals surface area (Å²) in [6.07, 6.45) is 1.05. The number of aliphatic imine (C=N–C) groups is 1. The van der Waals surface area contributed by atoms with Gasteiger partial charge in [0.1, 0.15) is 24.7 Å². The smallest absolute Gasteiger partial charge is 0.194 e. The molecule has 0 atom stereocenters. The van der Waals surface area contributed by atoms with E-state index >= 15 is 0 Å². The highest BCUT2D eigenvalue weighted by Gasteiger charge is 2.11. The number of hydrogen-bond donors (Lipinski definition) is 1. The van der Waals surface area contributed by atoms with Gasteiger partial charge in [-0.15, -0.1) is 10.2 Å². The van der Waals surface area contributed by atoms with Crippen LogP contribution in [0.2, 0.25) is 0 Å². The first-order valence-corrected chi connectivity index (χ1v) is 11.0. The normalized spacial score (nSPS) is 15.1. The van der Waals surface area contributed by atoms with E-state index in [4.69, 9.17) is 14.5 Å². The lowest BCUT2D eigenvalue weighted by Crippen LogP contribution is -2.42. The maximum atomic E-state index is 5.85. The number of rotatable bonds is 10. The second-order valence-corrected chi connectivity index (χ2v) is 7.68. The average molecular weight is 430 g/mol. The maximum absolute atomic E-state index is 5.85. The fourth-order valence-electron chi connectivity index (χ4n) is 3.30. The predicted octanol–water partition coefficient (Wildman–Crippen LogP) is 1.30. The molecular weight excluding hydrogens is 394 g/mol. The zero-order chi connectivity index (χ0) is 21.9. The van der Waals surface area contributed by atoms with Crippen molar-refractivity contribution in [3.05, 3.63) is 42.0 Å². The van der Waals surface area contributed by atoms with Crippen LogP contribution in [0.25, 0.3) is 0 Å². The third-order valence-electron chi connectivity index (χ3n) is 5.39. The summed E-state index contributed by atoms with van der Waals surface area (Å²) in [6.45, 7) is 9.35. The standard InChI is InChI=1S/C22H35N7O2/c1-19-25-26-21(28(19)3)18-24-22(23-10-7-11-29-13-15-30-16-14-29)27(2)12-17-31-20-8-5-4-6-9-20/h4-6,8-9H,7,10-18H2,1-3H3,(H,23,24). The number of nitrogens with zero attached hydrogens (tertiary/aromatic N) is 6. The van der Waals surface area contributed by atoms with E-state index in [1.165, 1.54) is 0 Å². The van der Waals surface area contributed by atoms with Crippen LogP contribution in [0.3, 0.4) is 0 Å². The van der Waals surface area contributed by atoms with Gasteiger partial charge >= 0.3 is 0 Å². The lowest BCUT2D eigenvalue weighted by molar-refractivity contribution is 0.0375. The number of likely N-dealkylation sites (N-methyl/N-ethyl adjacent to an activating group) is 1. The Morgan fingerprint density at radius 2 is 2.00 bits per heavy atom. The maximum Gasteiger partial charge on any atom is 0.194 e. The Balaban J connectivity index is 1.51. The zero-order valence-electron chi connectivity index (χ0n) is 19.0. The minimum atomic E-state index is 0.479. The Bertz CT molecular complexity index is 803. The monoisotopic (exact) mass is 429 g/mol. The Labute approximate surface area is 185 Å². The van der Waals surface area contributed by atoms with Crippen molar-refractivity contribution < 1.29 is 9.47 Å². The summed E-state index contributed by atoms with van der Waals surface area (Å²) in [5.41, 5.74) is 0. The number of aryl methyl sites for hydroxylation is 1. The number of guanidine groups is 1. The van der Waals surface area contributed by atoms with E-state index in [0.717, 1.165) is 75.7 Å². The molecule has 0 saturated carbocycles. The molecule has 0 bridgehead atoms. The molecule has 1 aromatic carbocycles. The van der Waals surface area contributed by atoms with Gasteiger partial charge in [-0.05, 0) is 32.0 Å². The minimum absolute atomic E-state index is 0.479. The molecule has 1 fully saturated rings. The van der Waals surface area contributed by atoms with Gasteiger partial charge < -0.3 is 24.3 Å². The van der Waals surface area contributed by atoms with Crippen molar-refractivity contribution in [3.8, 4) is 5.75 Å². The number of hydrogen-bond acceptors (Lipinski definition) is 6. The number of para-hydroxylation sites is 1. The van der Waals surface area contributed by atoms with Crippen molar-refractivity contribution in [2.24, 2.45) is 12.0 Å². The Morgan fingerprint density at radius 3 is 2.71 bits per heavy atom. The molecule has 2 heterocycles. The molecule has 1 aliphatic heterocycles.